The average Bonchev–Trinajstić information content (AvgIpc) is 3.37. The van der Waals surface area contributed by atoms with E-state index in [9.17, 15) is 9.59 Å². The summed E-state index contributed by atoms with van der Waals surface area (Å²) in [7, 11) is 0. The largest absolute Gasteiger partial charge is 0.456 e. The van der Waals surface area contributed by atoms with Crippen LogP contribution in [0.1, 0.15) is 40.4 Å². The van der Waals surface area contributed by atoms with Gasteiger partial charge in [-0.3, -0.25) is 4.79 Å². The zero-order valence-corrected chi connectivity index (χ0v) is 15.6. The molecule has 2 aromatic heterocycles. The first-order valence-electron chi connectivity index (χ1n) is 8.50. The van der Waals surface area contributed by atoms with Gasteiger partial charge in [0.05, 0.1) is 4.88 Å². The van der Waals surface area contributed by atoms with Crippen molar-refractivity contribution in [2.24, 2.45) is 0 Å². The van der Waals surface area contributed by atoms with E-state index in [1.807, 2.05) is 13.0 Å². The number of aryl methyl sites for hydroxylation is 1. The number of carbonyl (C=O) groups is 2. The van der Waals surface area contributed by atoms with Crippen LogP contribution in [0.5, 0.6) is 0 Å². The van der Waals surface area contributed by atoms with E-state index in [-0.39, 0.29) is 12.5 Å². The van der Waals surface area contributed by atoms with Crippen molar-refractivity contribution in [3.8, 4) is 0 Å². The lowest BCUT2D eigenvalue weighted by molar-refractivity contribution is -0.147. The van der Waals surface area contributed by atoms with E-state index in [1.165, 1.54) is 11.3 Å². The van der Waals surface area contributed by atoms with Gasteiger partial charge in [-0.15, -0.1) is 16.4 Å². The summed E-state index contributed by atoms with van der Waals surface area (Å²) in [5.74, 6) is -0.439. The van der Waals surface area contributed by atoms with Crippen LogP contribution in [0.25, 0.3) is 0 Å². The van der Waals surface area contributed by atoms with Crippen LogP contribution in [0.4, 0.5) is 0 Å². The summed E-state index contributed by atoms with van der Waals surface area (Å²) in [6.45, 7) is 2.57. The van der Waals surface area contributed by atoms with E-state index >= 15 is 0 Å². The highest BCUT2D eigenvalue weighted by molar-refractivity contribution is 7.12. The molecule has 0 bridgehead atoms. The van der Waals surface area contributed by atoms with Crippen LogP contribution in [-0.4, -0.2) is 32.1 Å². The maximum absolute atomic E-state index is 12.7. The second-order valence-corrected chi connectivity index (χ2v) is 6.67. The fourth-order valence-electron chi connectivity index (χ4n) is 2.46. The molecule has 1 atom stereocenters. The number of tetrazole rings is 1. The van der Waals surface area contributed by atoms with Gasteiger partial charge in [0.1, 0.15) is 0 Å². The number of rotatable bonds is 8. The summed E-state index contributed by atoms with van der Waals surface area (Å²) in [6, 6.07) is 11.5. The molecule has 0 saturated carbocycles. The molecule has 0 aliphatic rings. The first-order valence-corrected chi connectivity index (χ1v) is 9.38. The Morgan fingerprint density at radius 1 is 1.22 bits per heavy atom. The summed E-state index contributed by atoms with van der Waals surface area (Å²) in [5.41, 5.74) is 0.639. The molecule has 3 rings (SSSR count). The standard InChI is InChI=1S/C18H19N5O3S/c1-2-10-23-15(20-21-22-23)12-26-18(25)16(13-7-4-3-5-8-13)19-17(24)14-9-6-11-27-14/h3-9,11,16H,2,10,12H2,1H3,(H,19,24). The Balaban J connectivity index is 1.72. The van der Waals surface area contributed by atoms with Crippen molar-refractivity contribution in [3.05, 3.63) is 64.1 Å². The fourth-order valence-corrected chi connectivity index (χ4v) is 3.09. The van der Waals surface area contributed by atoms with E-state index in [4.69, 9.17) is 4.74 Å². The van der Waals surface area contributed by atoms with Gasteiger partial charge < -0.3 is 10.1 Å². The molecule has 1 unspecified atom stereocenters. The lowest BCUT2D eigenvalue weighted by Crippen LogP contribution is -2.34. The normalized spacial score (nSPS) is 11.7. The number of carbonyl (C=O) groups excluding carboxylic acids is 2. The quantitative estimate of drug-likeness (QED) is 0.598. The van der Waals surface area contributed by atoms with Crippen LogP contribution in [0.3, 0.4) is 0 Å². The Morgan fingerprint density at radius 3 is 2.74 bits per heavy atom. The Bertz CT molecular complexity index is 880. The van der Waals surface area contributed by atoms with Gasteiger partial charge in [-0.25, -0.2) is 9.48 Å². The molecule has 9 heteroatoms. The van der Waals surface area contributed by atoms with Gasteiger partial charge in [-0.2, -0.15) is 0 Å². The molecule has 1 amide bonds. The number of aromatic nitrogens is 4. The minimum Gasteiger partial charge on any atom is -0.456 e. The van der Waals surface area contributed by atoms with Gasteiger partial charge in [-0.05, 0) is 33.9 Å². The number of thiophene rings is 1. The monoisotopic (exact) mass is 385 g/mol. The van der Waals surface area contributed by atoms with Gasteiger partial charge in [0.15, 0.2) is 18.5 Å². The van der Waals surface area contributed by atoms with Gasteiger partial charge >= 0.3 is 5.97 Å². The van der Waals surface area contributed by atoms with Crippen molar-refractivity contribution in [1.29, 1.82) is 0 Å². The summed E-state index contributed by atoms with van der Waals surface area (Å²) < 4.78 is 6.99. The molecule has 0 spiro atoms. The van der Waals surface area contributed by atoms with E-state index < -0.39 is 12.0 Å². The molecule has 0 radical (unpaired) electrons. The van der Waals surface area contributed by atoms with Crippen LogP contribution < -0.4 is 5.32 Å². The zero-order chi connectivity index (χ0) is 19.1. The summed E-state index contributed by atoms with van der Waals surface area (Å²) >= 11 is 1.30. The van der Waals surface area contributed by atoms with Gasteiger partial charge in [0.2, 0.25) is 0 Å². The molecule has 0 fully saturated rings. The Kier molecular flexibility index (Phi) is 6.26. The lowest BCUT2D eigenvalue weighted by atomic mass is 10.1. The number of hydrogen-bond donors (Lipinski definition) is 1. The van der Waals surface area contributed by atoms with Gasteiger partial charge in [0.25, 0.3) is 5.91 Å². The highest BCUT2D eigenvalue weighted by Crippen LogP contribution is 2.17. The minimum absolute atomic E-state index is 0.0654. The molecule has 1 aromatic carbocycles. The predicted molar refractivity (Wildman–Crippen MR) is 98.9 cm³/mol. The molecule has 27 heavy (non-hydrogen) atoms. The number of amides is 1. The zero-order valence-electron chi connectivity index (χ0n) is 14.7. The van der Waals surface area contributed by atoms with E-state index in [0.29, 0.717) is 22.8 Å². The second kappa shape index (κ2) is 9.04. The third-order valence-electron chi connectivity index (χ3n) is 3.77. The van der Waals surface area contributed by atoms with Crippen molar-refractivity contribution < 1.29 is 14.3 Å². The van der Waals surface area contributed by atoms with Crippen molar-refractivity contribution in [2.75, 3.05) is 0 Å². The van der Waals surface area contributed by atoms with Gasteiger partial charge in [0, 0.05) is 6.54 Å². The lowest BCUT2D eigenvalue weighted by Gasteiger charge is -2.17. The highest BCUT2D eigenvalue weighted by Gasteiger charge is 2.25. The molecule has 0 aliphatic heterocycles. The number of nitrogens with one attached hydrogen (secondary N) is 1. The molecule has 2 heterocycles. The maximum Gasteiger partial charge on any atom is 0.333 e. The third kappa shape index (κ3) is 4.76. The summed E-state index contributed by atoms with van der Waals surface area (Å²) in [4.78, 5) is 25.6. The van der Waals surface area contributed by atoms with Crippen LogP contribution in [0.15, 0.2) is 47.8 Å². The van der Waals surface area contributed by atoms with Crippen molar-refractivity contribution >= 4 is 23.2 Å². The molecule has 0 saturated heterocycles. The molecule has 8 nitrogen and oxygen atoms in total. The molecule has 140 valence electrons. The number of nitrogens with zero attached hydrogens (tertiary/aromatic N) is 4. The minimum atomic E-state index is -0.920. The van der Waals surface area contributed by atoms with Gasteiger partial charge in [-0.1, -0.05) is 43.3 Å². The molecule has 0 aliphatic carbocycles. The molecular weight excluding hydrogens is 366 g/mol. The van der Waals surface area contributed by atoms with Crippen LogP contribution in [0.2, 0.25) is 0 Å². The number of ether oxygens (including phenoxy) is 1. The topological polar surface area (TPSA) is 99.0 Å². The predicted octanol–water partition coefficient (Wildman–Crippen LogP) is 2.36. The van der Waals surface area contributed by atoms with Crippen LogP contribution >= 0.6 is 11.3 Å². The van der Waals surface area contributed by atoms with E-state index in [2.05, 4.69) is 20.8 Å². The second-order valence-electron chi connectivity index (χ2n) is 5.72. The SMILES string of the molecule is CCCn1nnnc1COC(=O)C(NC(=O)c1cccs1)c1ccccc1. The van der Waals surface area contributed by atoms with Crippen molar-refractivity contribution in [2.45, 2.75) is 32.5 Å². The third-order valence-corrected chi connectivity index (χ3v) is 4.64. The maximum atomic E-state index is 12.7. The average molecular weight is 385 g/mol. The molecule has 1 N–H and O–H groups in total. The van der Waals surface area contributed by atoms with Crippen molar-refractivity contribution in [1.82, 2.24) is 25.5 Å². The molecule has 3 aromatic rings. The van der Waals surface area contributed by atoms with Crippen molar-refractivity contribution in [3.63, 3.8) is 0 Å². The Hall–Kier alpha value is -3.07. The van der Waals surface area contributed by atoms with E-state index in [1.54, 1.807) is 46.5 Å². The fraction of sp³-hybridized carbons (Fsp3) is 0.278. The first kappa shape index (κ1) is 18.7. The number of hydrogen-bond acceptors (Lipinski definition) is 7. The smallest absolute Gasteiger partial charge is 0.333 e. The van der Waals surface area contributed by atoms with Crippen LogP contribution in [-0.2, 0) is 22.7 Å². The summed E-state index contributed by atoms with van der Waals surface area (Å²) in [6.07, 6.45) is 0.857. The summed E-state index contributed by atoms with van der Waals surface area (Å²) in [5, 5.41) is 15.9. The number of benzene rings is 1. The highest BCUT2D eigenvalue weighted by atomic mass is 32.1. The first-order chi connectivity index (χ1) is 13.2. The Morgan fingerprint density at radius 2 is 2.04 bits per heavy atom. The number of esters is 1. The Labute approximate surface area is 160 Å². The van der Waals surface area contributed by atoms with Crippen LogP contribution in [0, 0.1) is 0 Å². The molecular formula is C18H19N5O3S. The van der Waals surface area contributed by atoms with E-state index in [0.717, 1.165) is 6.42 Å².